The number of halogens is 1. The van der Waals surface area contributed by atoms with Crippen LogP contribution in [0.4, 0.5) is 0 Å². The minimum Gasteiger partial charge on any atom is -0.297 e. The summed E-state index contributed by atoms with van der Waals surface area (Å²) in [5, 5.41) is 4.06. The van der Waals surface area contributed by atoms with E-state index in [0.29, 0.717) is 5.92 Å². The van der Waals surface area contributed by atoms with Gasteiger partial charge in [-0.3, -0.25) is 5.10 Å². The van der Waals surface area contributed by atoms with Crippen LogP contribution >= 0.6 is 23.8 Å². The molecule has 0 unspecified atom stereocenters. The molecular formula is C12H11ClN2S. The highest BCUT2D eigenvalue weighted by molar-refractivity contribution is 7.71. The number of hydrogen-bond acceptors (Lipinski definition) is 1. The van der Waals surface area contributed by atoms with Gasteiger partial charge in [-0.2, -0.15) is 0 Å². The molecule has 1 aliphatic carbocycles. The number of aromatic amines is 1. The van der Waals surface area contributed by atoms with Gasteiger partial charge in [0, 0.05) is 16.6 Å². The normalized spacial score (nSPS) is 15.3. The van der Waals surface area contributed by atoms with Gasteiger partial charge < -0.3 is 0 Å². The third-order valence-electron chi connectivity index (χ3n) is 2.82. The van der Waals surface area contributed by atoms with Crippen molar-refractivity contribution in [1.29, 1.82) is 0 Å². The molecule has 2 aromatic rings. The Morgan fingerprint density at radius 3 is 2.81 bits per heavy atom. The summed E-state index contributed by atoms with van der Waals surface area (Å²) in [6.07, 6.45) is 2.54. The smallest absolute Gasteiger partial charge is 0.127 e. The molecule has 0 spiro atoms. The molecule has 1 fully saturated rings. The molecule has 82 valence electrons. The molecule has 1 N–H and O–H groups in total. The van der Waals surface area contributed by atoms with Crippen molar-refractivity contribution in [2.75, 3.05) is 0 Å². The highest BCUT2D eigenvalue weighted by atomic mass is 35.5. The first-order valence-corrected chi connectivity index (χ1v) is 6.10. The first-order valence-electron chi connectivity index (χ1n) is 5.32. The first-order chi connectivity index (χ1) is 7.74. The van der Waals surface area contributed by atoms with Crippen molar-refractivity contribution in [2.45, 2.75) is 18.8 Å². The predicted octanol–water partition coefficient (Wildman–Crippen LogP) is 4.07. The fraction of sp³-hybridized carbons (Fsp3) is 0.250. The minimum absolute atomic E-state index is 0.683. The van der Waals surface area contributed by atoms with Crippen molar-refractivity contribution in [1.82, 2.24) is 9.78 Å². The molecule has 0 radical (unpaired) electrons. The maximum Gasteiger partial charge on any atom is 0.127 e. The molecule has 0 atom stereocenters. The molecule has 1 aromatic carbocycles. The van der Waals surface area contributed by atoms with Crippen LogP contribution in [0.1, 0.15) is 24.5 Å². The molecule has 1 saturated carbocycles. The zero-order chi connectivity index (χ0) is 11.1. The van der Waals surface area contributed by atoms with Crippen LogP contribution in [0.25, 0.3) is 5.69 Å². The summed E-state index contributed by atoms with van der Waals surface area (Å²) in [6.45, 7) is 0. The number of aromatic nitrogens is 2. The van der Waals surface area contributed by atoms with E-state index in [0.717, 1.165) is 15.4 Å². The fourth-order valence-electron chi connectivity index (χ4n) is 1.82. The Morgan fingerprint density at radius 1 is 1.31 bits per heavy atom. The van der Waals surface area contributed by atoms with E-state index in [1.807, 2.05) is 35.0 Å². The van der Waals surface area contributed by atoms with Crippen LogP contribution in [0.2, 0.25) is 5.02 Å². The van der Waals surface area contributed by atoms with Crippen molar-refractivity contribution >= 4 is 23.8 Å². The molecule has 0 saturated heterocycles. The van der Waals surface area contributed by atoms with E-state index in [2.05, 4.69) is 5.10 Å². The first kappa shape index (κ1) is 10.1. The van der Waals surface area contributed by atoms with E-state index in [1.165, 1.54) is 18.5 Å². The van der Waals surface area contributed by atoms with Crippen molar-refractivity contribution in [3.63, 3.8) is 0 Å². The van der Waals surface area contributed by atoms with Crippen LogP contribution in [-0.4, -0.2) is 9.78 Å². The Bertz CT molecular complexity index is 581. The number of nitrogens with zero attached hydrogens (tertiary/aromatic N) is 1. The van der Waals surface area contributed by atoms with Crippen LogP contribution < -0.4 is 0 Å². The Balaban J connectivity index is 2.08. The number of rotatable bonds is 2. The van der Waals surface area contributed by atoms with Crippen LogP contribution in [0, 0.1) is 4.64 Å². The topological polar surface area (TPSA) is 20.7 Å². The average molecular weight is 251 g/mol. The third-order valence-corrected chi connectivity index (χ3v) is 3.36. The maximum atomic E-state index is 5.97. The van der Waals surface area contributed by atoms with E-state index in [-0.39, 0.29) is 0 Å². The molecule has 2 nitrogen and oxygen atoms in total. The van der Waals surface area contributed by atoms with E-state index >= 15 is 0 Å². The summed E-state index contributed by atoms with van der Waals surface area (Å²) < 4.78 is 2.72. The summed E-state index contributed by atoms with van der Waals surface area (Å²) >= 11 is 11.3. The number of nitrogens with one attached hydrogen (secondary N) is 1. The summed E-state index contributed by atoms with van der Waals surface area (Å²) in [5.74, 6) is 0.683. The van der Waals surface area contributed by atoms with Crippen LogP contribution in [0.3, 0.4) is 0 Å². The molecule has 0 bridgehead atoms. The summed E-state index contributed by atoms with van der Waals surface area (Å²) in [6, 6.07) is 9.74. The Morgan fingerprint density at radius 2 is 2.12 bits per heavy atom. The molecule has 1 aliphatic rings. The van der Waals surface area contributed by atoms with Gasteiger partial charge in [-0.25, -0.2) is 4.68 Å². The zero-order valence-electron chi connectivity index (χ0n) is 8.61. The molecular weight excluding hydrogens is 240 g/mol. The lowest BCUT2D eigenvalue weighted by Gasteiger charge is -2.03. The molecule has 0 amide bonds. The Kier molecular flexibility index (Phi) is 2.37. The fourth-order valence-corrected chi connectivity index (χ4v) is 2.29. The largest absolute Gasteiger partial charge is 0.297 e. The van der Waals surface area contributed by atoms with Gasteiger partial charge in [-0.15, -0.1) is 0 Å². The number of H-pyrrole nitrogens is 1. The van der Waals surface area contributed by atoms with Gasteiger partial charge in [-0.1, -0.05) is 29.9 Å². The summed E-state index contributed by atoms with van der Waals surface area (Å²) in [4.78, 5) is 0. The van der Waals surface area contributed by atoms with Gasteiger partial charge >= 0.3 is 0 Å². The van der Waals surface area contributed by atoms with E-state index in [9.17, 15) is 0 Å². The quantitative estimate of drug-likeness (QED) is 0.797. The Labute approximate surface area is 104 Å². The minimum atomic E-state index is 0.683. The lowest BCUT2D eigenvalue weighted by molar-refractivity contribution is 0.830. The van der Waals surface area contributed by atoms with Crippen LogP contribution in [0.15, 0.2) is 30.3 Å². The monoisotopic (exact) mass is 250 g/mol. The third kappa shape index (κ3) is 1.81. The lowest BCUT2D eigenvalue weighted by Crippen LogP contribution is -1.96. The van der Waals surface area contributed by atoms with Gasteiger partial charge in [0.05, 0.1) is 5.69 Å². The van der Waals surface area contributed by atoms with Crippen LogP contribution in [0.5, 0.6) is 0 Å². The summed E-state index contributed by atoms with van der Waals surface area (Å²) in [7, 11) is 0. The number of benzene rings is 1. The summed E-state index contributed by atoms with van der Waals surface area (Å²) in [5.41, 5.74) is 2.23. The van der Waals surface area contributed by atoms with Crippen molar-refractivity contribution in [2.24, 2.45) is 0 Å². The molecule has 1 aromatic heterocycles. The molecule has 3 rings (SSSR count). The lowest BCUT2D eigenvalue weighted by atomic mass is 10.3. The van der Waals surface area contributed by atoms with Crippen molar-refractivity contribution in [3.8, 4) is 5.69 Å². The maximum absolute atomic E-state index is 5.97. The average Bonchev–Trinajstić information content (AvgIpc) is 3.02. The zero-order valence-corrected chi connectivity index (χ0v) is 10.2. The molecule has 4 heteroatoms. The van der Waals surface area contributed by atoms with Crippen LogP contribution in [-0.2, 0) is 0 Å². The van der Waals surface area contributed by atoms with Gasteiger partial charge in [-0.05, 0) is 37.1 Å². The van der Waals surface area contributed by atoms with Gasteiger partial charge in [0.25, 0.3) is 0 Å². The highest BCUT2D eigenvalue weighted by Gasteiger charge is 2.25. The second-order valence-electron chi connectivity index (χ2n) is 4.14. The second kappa shape index (κ2) is 3.75. The SMILES string of the molecule is S=c1cc(C2CC2)[nH]n1-c1cccc(Cl)c1. The van der Waals surface area contributed by atoms with E-state index in [4.69, 9.17) is 23.8 Å². The van der Waals surface area contributed by atoms with Gasteiger partial charge in [0.2, 0.25) is 0 Å². The Hall–Kier alpha value is -1.06. The van der Waals surface area contributed by atoms with Gasteiger partial charge in [0.15, 0.2) is 0 Å². The molecule has 1 heterocycles. The standard InChI is InChI=1S/C12H11ClN2S/c13-9-2-1-3-10(6-9)15-12(16)7-11(14-15)8-4-5-8/h1-3,6-8,14H,4-5H2. The van der Waals surface area contributed by atoms with E-state index < -0.39 is 0 Å². The molecule has 16 heavy (non-hydrogen) atoms. The molecule has 0 aliphatic heterocycles. The van der Waals surface area contributed by atoms with Crippen molar-refractivity contribution in [3.05, 3.63) is 45.7 Å². The predicted molar refractivity (Wildman–Crippen MR) is 67.9 cm³/mol. The van der Waals surface area contributed by atoms with E-state index in [1.54, 1.807) is 0 Å². The highest BCUT2D eigenvalue weighted by Crippen LogP contribution is 2.39. The van der Waals surface area contributed by atoms with Crippen molar-refractivity contribution < 1.29 is 0 Å². The van der Waals surface area contributed by atoms with Gasteiger partial charge in [0.1, 0.15) is 4.64 Å². The number of hydrogen-bond donors (Lipinski definition) is 1. The second-order valence-corrected chi connectivity index (χ2v) is 4.99.